The number of esters is 1. The van der Waals surface area contributed by atoms with Gasteiger partial charge in [0.2, 0.25) is 0 Å². The number of nitro groups is 1. The van der Waals surface area contributed by atoms with Gasteiger partial charge in [-0.2, -0.15) is 0 Å². The molecule has 0 atom stereocenters. The van der Waals surface area contributed by atoms with Crippen molar-refractivity contribution in [3.05, 3.63) is 54.9 Å². The molecule has 9 heteroatoms. The van der Waals surface area contributed by atoms with Crippen LogP contribution in [0.4, 0.5) is 10.7 Å². The largest absolute Gasteiger partial charge is 0.462 e. The number of rotatable bonds is 6. The van der Waals surface area contributed by atoms with Gasteiger partial charge in [0.1, 0.15) is 5.00 Å². The van der Waals surface area contributed by atoms with Crippen molar-refractivity contribution < 1.29 is 19.2 Å². The predicted octanol–water partition coefficient (Wildman–Crippen LogP) is 4.41. The van der Waals surface area contributed by atoms with Gasteiger partial charge >= 0.3 is 5.97 Å². The lowest BCUT2D eigenvalue weighted by molar-refractivity contribution is -0.385. The standard InChI is InChI=1S/C16H15BrN2O5S/c1-3-10-8-11(16(21)24-4-2)15(25-10)18-14(20)9-5-6-12(17)13(7-9)19(22)23/h5-8H,3-4H2,1-2H3,(H,18,20). The summed E-state index contributed by atoms with van der Waals surface area (Å²) in [6.07, 6.45) is 0.705. The van der Waals surface area contributed by atoms with Crippen LogP contribution in [0.5, 0.6) is 0 Å². The first kappa shape index (κ1) is 19.1. The molecular weight excluding hydrogens is 412 g/mol. The van der Waals surface area contributed by atoms with Gasteiger partial charge in [0, 0.05) is 16.5 Å². The first-order valence-electron chi connectivity index (χ1n) is 7.42. The van der Waals surface area contributed by atoms with E-state index in [1.165, 1.54) is 29.5 Å². The topological polar surface area (TPSA) is 98.5 Å². The van der Waals surface area contributed by atoms with Crippen LogP contribution in [0.25, 0.3) is 0 Å². The van der Waals surface area contributed by atoms with E-state index < -0.39 is 16.8 Å². The van der Waals surface area contributed by atoms with Crippen LogP contribution in [0.15, 0.2) is 28.7 Å². The zero-order valence-corrected chi connectivity index (χ0v) is 15.9. The number of aryl methyl sites for hydroxylation is 1. The Bertz CT molecular complexity index is 834. The van der Waals surface area contributed by atoms with Gasteiger partial charge in [-0.25, -0.2) is 4.79 Å². The third-order valence-electron chi connectivity index (χ3n) is 3.26. The molecule has 0 bridgehead atoms. The summed E-state index contributed by atoms with van der Waals surface area (Å²) in [6.45, 7) is 3.86. The zero-order chi connectivity index (χ0) is 18.6. The molecule has 0 spiro atoms. The number of nitrogens with one attached hydrogen (secondary N) is 1. The molecule has 1 N–H and O–H groups in total. The van der Waals surface area contributed by atoms with E-state index in [0.717, 1.165) is 4.88 Å². The molecule has 2 aromatic rings. The van der Waals surface area contributed by atoms with Crippen molar-refractivity contribution >= 4 is 49.8 Å². The molecular formula is C16H15BrN2O5S. The molecule has 1 heterocycles. The Balaban J connectivity index is 2.31. The highest BCUT2D eigenvalue weighted by atomic mass is 79.9. The molecule has 1 aromatic heterocycles. The molecule has 0 aliphatic rings. The van der Waals surface area contributed by atoms with Gasteiger partial charge in [0.15, 0.2) is 0 Å². The summed E-state index contributed by atoms with van der Waals surface area (Å²) in [6, 6.07) is 5.76. The lowest BCUT2D eigenvalue weighted by Gasteiger charge is -2.06. The van der Waals surface area contributed by atoms with Crippen molar-refractivity contribution in [3.63, 3.8) is 0 Å². The van der Waals surface area contributed by atoms with Gasteiger partial charge in [-0.05, 0) is 47.5 Å². The SMILES string of the molecule is CCOC(=O)c1cc(CC)sc1NC(=O)c1ccc(Br)c([N+](=O)[O-])c1. The van der Waals surface area contributed by atoms with Gasteiger partial charge in [-0.15, -0.1) is 11.3 Å². The molecule has 1 amide bonds. The maximum Gasteiger partial charge on any atom is 0.341 e. The van der Waals surface area contributed by atoms with Crippen LogP contribution < -0.4 is 5.32 Å². The molecule has 0 radical (unpaired) electrons. The zero-order valence-electron chi connectivity index (χ0n) is 13.5. The van der Waals surface area contributed by atoms with Crippen molar-refractivity contribution in [3.8, 4) is 0 Å². The van der Waals surface area contributed by atoms with Crippen LogP contribution in [0.2, 0.25) is 0 Å². The van der Waals surface area contributed by atoms with E-state index >= 15 is 0 Å². The number of nitro benzene ring substituents is 1. The fourth-order valence-electron chi connectivity index (χ4n) is 2.04. The van der Waals surface area contributed by atoms with E-state index in [0.29, 0.717) is 11.4 Å². The fourth-order valence-corrected chi connectivity index (χ4v) is 3.41. The van der Waals surface area contributed by atoms with Gasteiger partial charge in [-0.3, -0.25) is 14.9 Å². The van der Waals surface area contributed by atoms with Crippen LogP contribution in [-0.2, 0) is 11.2 Å². The molecule has 0 aliphatic heterocycles. The van der Waals surface area contributed by atoms with Crippen LogP contribution >= 0.6 is 27.3 Å². The normalized spacial score (nSPS) is 10.4. The maximum atomic E-state index is 12.4. The quantitative estimate of drug-likeness (QED) is 0.418. The first-order chi connectivity index (χ1) is 11.9. The number of benzene rings is 1. The molecule has 0 saturated heterocycles. The van der Waals surface area contributed by atoms with E-state index in [1.807, 2.05) is 6.92 Å². The minimum Gasteiger partial charge on any atom is -0.462 e. The monoisotopic (exact) mass is 426 g/mol. The van der Waals surface area contributed by atoms with Crippen LogP contribution in [0.1, 0.15) is 39.4 Å². The summed E-state index contributed by atoms with van der Waals surface area (Å²) in [5, 5.41) is 14.0. The number of carbonyl (C=O) groups is 2. The van der Waals surface area contributed by atoms with Gasteiger partial charge in [-0.1, -0.05) is 6.92 Å². The number of hydrogen-bond acceptors (Lipinski definition) is 6. The molecule has 0 unspecified atom stereocenters. The van der Waals surface area contributed by atoms with Crippen LogP contribution in [0, 0.1) is 10.1 Å². The average molecular weight is 427 g/mol. The van der Waals surface area contributed by atoms with Crippen molar-refractivity contribution in [2.45, 2.75) is 20.3 Å². The second-order valence-electron chi connectivity index (χ2n) is 4.91. The highest BCUT2D eigenvalue weighted by Crippen LogP contribution is 2.31. The number of amides is 1. The smallest absolute Gasteiger partial charge is 0.341 e. The van der Waals surface area contributed by atoms with E-state index in [2.05, 4.69) is 21.2 Å². The highest BCUT2D eigenvalue weighted by Gasteiger charge is 2.21. The molecule has 0 saturated carbocycles. The maximum absolute atomic E-state index is 12.4. The molecule has 0 fully saturated rings. The highest BCUT2D eigenvalue weighted by molar-refractivity contribution is 9.10. The first-order valence-corrected chi connectivity index (χ1v) is 9.03. The predicted molar refractivity (Wildman–Crippen MR) is 98.4 cm³/mol. The average Bonchev–Trinajstić information content (AvgIpc) is 2.98. The van der Waals surface area contributed by atoms with E-state index in [1.54, 1.807) is 13.0 Å². The minimum absolute atomic E-state index is 0.121. The number of hydrogen-bond donors (Lipinski definition) is 1. The minimum atomic E-state index is -0.578. The van der Waals surface area contributed by atoms with Gasteiger partial charge in [0.05, 0.1) is 21.6 Å². The molecule has 7 nitrogen and oxygen atoms in total. The Morgan fingerprint density at radius 3 is 2.64 bits per heavy atom. The summed E-state index contributed by atoms with van der Waals surface area (Å²) < 4.78 is 5.28. The van der Waals surface area contributed by atoms with Gasteiger partial charge in [0.25, 0.3) is 11.6 Å². The van der Waals surface area contributed by atoms with Crippen molar-refractivity contribution in [2.75, 3.05) is 11.9 Å². The van der Waals surface area contributed by atoms with E-state index in [-0.39, 0.29) is 27.9 Å². The Kier molecular flexibility index (Phi) is 6.27. The van der Waals surface area contributed by atoms with Crippen LogP contribution in [-0.4, -0.2) is 23.4 Å². The summed E-state index contributed by atoms with van der Waals surface area (Å²) in [7, 11) is 0. The lowest BCUT2D eigenvalue weighted by atomic mass is 10.2. The fraction of sp³-hybridized carbons (Fsp3) is 0.250. The Morgan fingerprint density at radius 2 is 2.04 bits per heavy atom. The summed E-state index contributed by atoms with van der Waals surface area (Å²) >= 11 is 4.35. The molecule has 25 heavy (non-hydrogen) atoms. The van der Waals surface area contributed by atoms with Crippen molar-refractivity contribution in [2.24, 2.45) is 0 Å². The Morgan fingerprint density at radius 1 is 1.32 bits per heavy atom. The number of carbonyl (C=O) groups excluding carboxylic acids is 2. The Labute approximate surface area is 156 Å². The van der Waals surface area contributed by atoms with Crippen molar-refractivity contribution in [1.29, 1.82) is 0 Å². The Hall–Kier alpha value is -2.26. The second-order valence-corrected chi connectivity index (χ2v) is 6.90. The van der Waals surface area contributed by atoms with E-state index in [9.17, 15) is 19.7 Å². The molecule has 1 aromatic carbocycles. The molecule has 132 valence electrons. The second kappa shape index (κ2) is 8.21. The summed E-state index contributed by atoms with van der Waals surface area (Å²) in [4.78, 5) is 35.8. The molecule has 0 aliphatic carbocycles. The van der Waals surface area contributed by atoms with Crippen LogP contribution in [0.3, 0.4) is 0 Å². The third kappa shape index (κ3) is 4.43. The number of thiophene rings is 1. The van der Waals surface area contributed by atoms with Crippen molar-refractivity contribution in [1.82, 2.24) is 0 Å². The van der Waals surface area contributed by atoms with E-state index in [4.69, 9.17) is 4.74 Å². The number of anilines is 1. The van der Waals surface area contributed by atoms with Gasteiger partial charge < -0.3 is 10.1 Å². The number of halogens is 1. The third-order valence-corrected chi connectivity index (χ3v) is 5.12. The number of ether oxygens (including phenoxy) is 1. The summed E-state index contributed by atoms with van der Waals surface area (Å²) in [5.74, 6) is -1.05. The molecule has 2 rings (SSSR count). The lowest BCUT2D eigenvalue weighted by Crippen LogP contribution is -2.14. The summed E-state index contributed by atoms with van der Waals surface area (Å²) in [5.41, 5.74) is 0.193. The number of nitrogens with zero attached hydrogens (tertiary/aromatic N) is 1.